The zero-order valence-corrected chi connectivity index (χ0v) is 16.4. The van der Waals surface area contributed by atoms with Gasteiger partial charge in [-0.3, -0.25) is 9.78 Å². The van der Waals surface area contributed by atoms with Crippen LogP contribution in [0.3, 0.4) is 0 Å². The van der Waals surface area contributed by atoms with Crippen molar-refractivity contribution in [3.05, 3.63) is 101 Å². The van der Waals surface area contributed by atoms with Gasteiger partial charge in [0.2, 0.25) is 0 Å². The van der Waals surface area contributed by atoms with E-state index in [1.54, 1.807) is 17.8 Å². The number of benzene rings is 2. The minimum absolute atomic E-state index is 0.180. The van der Waals surface area contributed by atoms with E-state index in [1.807, 2.05) is 66.7 Å². The number of thiazole rings is 1. The van der Waals surface area contributed by atoms with Gasteiger partial charge in [-0.15, -0.1) is 11.3 Å². The maximum Gasteiger partial charge on any atom is 0.271 e. The number of hydrogen-bond acceptors (Lipinski definition) is 5. The molecule has 5 nitrogen and oxygen atoms in total. The van der Waals surface area contributed by atoms with Crippen LogP contribution in [0.5, 0.6) is 5.75 Å². The summed E-state index contributed by atoms with van der Waals surface area (Å²) in [5.74, 6) is 0.594. The molecule has 4 aromatic rings. The highest BCUT2D eigenvalue weighted by molar-refractivity contribution is 7.13. The van der Waals surface area contributed by atoms with Crippen molar-refractivity contribution in [1.82, 2.24) is 15.3 Å². The molecule has 0 atom stereocenters. The third kappa shape index (κ3) is 5.06. The molecule has 2 heterocycles. The third-order valence-corrected chi connectivity index (χ3v) is 5.15. The highest BCUT2D eigenvalue weighted by Gasteiger charge is 2.11. The number of nitrogens with one attached hydrogen (secondary N) is 1. The Hall–Kier alpha value is -3.51. The Labute approximate surface area is 173 Å². The molecule has 0 unspecified atom stereocenters. The minimum Gasteiger partial charge on any atom is -0.489 e. The number of pyridine rings is 1. The fourth-order valence-electron chi connectivity index (χ4n) is 2.72. The van der Waals surface area contributed by atoms with Crippen LogP contribution in [-0.4, -0.2) is 15.9 Å². The second-order valence-electron chi connectivity index (χ2n) is 6.38. The molecule has 29 heavy (non-hydrogen) atoms. The summed E-state index contributed by atoms with van der Waals surface area (Å²) >= 11 is 1.47. The number of carbonyl (C=O) groups excluding carboxylic acids is 1. The fourth-order valence-corrected chi connectivity index (χ4v) is 3.52. The van der Waals surface area contributed by atoms with E-state index in [9.17, 15) is 4.79 Å². The van der Waals surface area contributed by atoms with Gasteiger partial charge in [-0.1, -0.05) is 48.5 Å². The van der Waals surface area contributed by atoms with E-state index in [2.05, 4.69) is 15.3 Å². The maximum atomic E-state index is 12.4. The molecular weight excluding hydrogens is 382 g/mol. The first-order valence-corrected chi connectivity index (χ1v) is 10.1. The molecule has 0 fully saturated rings. The highest BCUT2D eigenvalue weighted by Crippen LogP contribution is 2.23. The first kappa shape index (κ1) is 18.8. The first-order valence-electron chi connectivity index (χ1n) is 9.18. The van der Waals surface area contributed by atoms with Gasteiger partial charge in [-0.05, 0) is 23.8 Å². The lowest BCUT2D eigenvalue weighted by atomic mass is 10.2. The Morgan fingerprint density at radius 2 is 1.79 bits per heavy atom. The lowest BCUT2D eigenvalue weighted by Crippen LogP contribution is -2.23. The van der Waals surface area contributed by atoms with Crippen LogP contribution in [0.15, 0.2) is 84.5 Å². The zero-order chi connectivity index (χ0) is 19.9. The summed E-state index contributed by atoms with van der Waals surface area (Å²) in [5.41, 5.74) is 3.45. The summed E-state index contributed by atoms with van der Waals surface area (Å²) in [7, 11) is 0. The summed E-state index contributed by atoms with van der Waals surface area (Å²) in [4.78, 5) is 20.9. The predicted molar refractivity (Wildman–Crippen MR) is 114 cm³/mol. The van der Waals surface area contributed by atoms with Gasteiger partial charge in [0.25, 0.3) is 5.91 Å². The summed E-state index contributed by atoms with van der Waals surface area (Å²) in [6.07, 6.45) is 3.52. The van der Waals surface area contributed by atoms with E-state index < -0.39 is 0 Å². The number of carbonyl (C=O) groups is 1. The predicted octanol–water partition coefficient (Wildman–Crippen LogP) is 4.71. The van der Waals surface area contributed by atoms with Crippen LogP contribution >= 0.6 is 11.3 Å². The Morgan fingerprint density at radius 3 is 2.55 bits per heavy atom. The number of amides is 1. The van der Waals surface area contributed by atoms with Gasteiger partial charge in [0, 0.05) is 35.4 Å². The smallest absolute Gasteiger partial charge is 0.271 e. The topological polar surface area (TPSA) is 64.1 Å². The average molecular weight is 401 g/mol. The third-order valence-electron chi connectivity index (χ3n) is 4.26. The zero-order valence-electron chi connectivity index (χ0n) is 15.6. The molecule has 4 rings (SSSR count). The molecule has 6 heteroatoms. The van der Waals surface area contributed by atoms with Gasteiger partial charge in [0.05, 0.1) is 0 Å². The van der Waals surface area contributed by atoms with E-state index in [4.69, 9.17) is 4.74 Å². The molecule has 0 aliphatic rings. The van der Waals surface area contributed by atoms with E-state index in [0.717, 1.165) is 27.4 Å². The monoisotopic (exact) mass is 401 g/mol. The van der Waals surface area contributed by atoms with Crippen LogP contribution < -0.4 is 10.1 Å². The molecule has 1 N–H and O–H groups in total. The number of nitrogens with zero attached hydrogens (tertiary/aromatic N) is 2. The molecule has 2 aromatic heterocycles. The first-order chi connectivity index (χ1) is 14.3. The van der Waals surface area contributed by atoms with E-state index >= 15 is 0 Å². The summed E-state index contributed by atoms with van der Waals surface area (Å²) in [5, 5.41) is 5.54. The molecule has 0 aliphatic heterocycles. The number of rotatable bonds is 7. The highest BCUT2D eigenvalue weighted by atomic mass is 32.1. The second kappa shape index (κ2) is 9.12. The van der Waals surface area contributed by atoms with Crippen LogP contribution in [0.2, 0.25) is 0 Å². The van der Waals surface area contributed by atoms with Crippen molar-refractivity contribution in [2.75, 3.05) is 0 Å². The molecule has 144 valence electrons. The van der Waals surface area contributed by atoms with Crippen molar-refractivity contribution in [2.24, 2.45) is 0 Å². The molecule has 0 bridgehead atoms. The standard InChI is InChI=1S/C23H19N3O2S/c27-22(21-16-29-23(26-21)19-6-2-1-3-7-19)25-14-17-8-10-20(11-9-17)28-15-18-5-4-12-24-13-18/h1-13,16H,14-15H2,(H,25,27). The van der Waals surface area contributed by atoms with Crippen LogP contribution in [0.4, 0.5) is 0 Å². The molecule has 2 aromatic carbocycles. The van der Waals surface area contributed by atoms with Crippen molar-refractivity contribution in [3.63, 3.8) is 0 Å². The lowest BCUT2D eigenvalue weighted by Gasteiger charge is -2.08. The Balaban J connectivity index is 1.30. The van der Waals surface area contributed by atoms with Crippen LogP contribution in [-0.2, 0) is 13.2 Å². The molecule has 0 saturated carbocycles. The van der Waals surface area contributed by atoms with E-state index in [-0.39, 0.29) is 5.91 Å². The maximum absolute atomic E-state index is 12.4. The molecule has 0 spiro atoms. The van der Waals surface area contributed by atoms with Crippen molar-refractivity contribution < 1.29 is 9.53 Å². The quantitative estimate of drug-likeness (QED) is 0.487. The van der Waals surface area contributed by atoms with Gasteiger partial charge in [-0.25, -0.2) is 4.98 Å². The minimum atomic E-state index is -0.180. The molecule has 0 saturated heterocycles. The number of hydrogen-bond donors (Lipinski definition) is 1. The van der Waals surface area contributed by atoms with Crippen LogP contribution in [0.25, 0.3) is 10.6 Å². The van der Waals surface area contributed by atoms with Crippen LogP contribution in [0.1, 0.15) is 21.6 Å². The van der Waals surface area contributed by atoms with Gasteiger partial charge in [0.1, 0.15) is 23.1 Å². The van der Waals surface area contributed by atoms with Crippen LogP contribution in [0, 0.1) is 0 Å². The van der Waals surface area contributed by atoms with Crippen molar-refractivity contribution in [1.29, 1.82) is 0 Å². The summed E-state index contributed by atoms with van der Waals surface area (Å²) in [6.45, 7) is 0.900. The average Bonchev–Trinajstić information content (AvgIpc) is 3.29. The lowest BCUT2D eigenvalue weighted by molar-refractivity contribution is 0.0946. The molecule has 0 aliphatic carbocycles. The second-order valence-corrected chi connectivity index (χ2v) is 7.24. The molecular formula is C23H19N3O2S. The van der Waals surface area contributed by atoms with E-state index in [0.29, 0.717) is 18.8 Å². The largest absolute Gasteiger partial charge is 0.489 e. The van der Waals surface area contributed by atoms with Crippen molar-refractivity contribution in [2.45, 2.75) is 13.2 Å². The number of ether oxygens (including phenoxy) is 1. The van der Waals surface area contributed by atoms with Gasteiger partial charge >= 0.3 is 0 Å². The Morgan fingerprint density at radius 1 is 0.966 bits per heavy atom. The van der Waals surface area contributed by atoms with Gasteiger partial charge < -0.3 is 10.1 Å². The van der Waals surface area contributed by atoms with Crippen molar-refractivity contribution in [3.8, 4) is 16.3 Å². The fraction of sp³-hybridized carbons (Fsp3) is 0.0870. The number of aromatic nitrogens is 2. The summed E-state index contributed by atoms with van der Waals surface area (Å²) < 4.78 is 5.75. The molecule has 0 radical (unpaired) electrons. The Kier molecular flexibility index (Phi) is 5.92. The Bertz CT molecular complexity index is 1060. The normalized spacial score (nSPS) is 10.5. The van der Waals surface area contributed by atoms with E-state index in [1.165, 1.54) is 11.3 Å². The molecule has 1 amide bonds. The van der Waals surface area contributed by atoms with Crippen molar-refractivity contribution >= 4 is 17.2 Å². The summed E-state index contributed by atoms with van der Waals surface area (Å²) in [6, 6.07) is 21.4. The SMILES string of the molecule is O=C(NCc1ccc(OCc2cccnc2)cc1)c1csc(-c2ccccc2)n1. The van der Waals surface area contributed by atoms with Gasteiger partial charge in [0.15, 0.2) is 0 Å². The van der Waals surface area contributed by atoms with Gasteiger partial charge in [-0.2, -0.15) is 0 Å².